The molecule has 0 spiro atoms. The fourth-order valence-corrected chi connectivity index (χ4v) is 4.55. The van der Waals surface area contributed by atoms with Crippen LogP contribution in [0.5, 0.6) is 0 Å². The van der Waals surface area contributed by atoms with Gasteiger partial charge in [0.25, 0.3) is 0 Å². The molecule has 116 valence electrons. The Morgan fingerprint density at radius 2 is 1.95 bits per heavy atom. The molecule has 2 N–H and O–H groups in total. The van der Waals surface area contributed by atoms with Crippen LogP contribution in [0.1, 0.15) is 38.2 Å². The van der Waals surface area contributed by atoms with Crippen LogP contribution >= 0.6 is 23.2 Å². The van der Waals surface area contributed by atoms with Crippen molar-refractivity contribution in [3.63, 3.8) is 0 Å². The summed E-state index contributed by atoms with van der Waals surface area (Å²) in [5.41, 5.74) is 0.383. The van der Waals surface area contributed by atoms with Crippen molar-refractivity contribution >= 4 is 33.2 Å². The highest BCUT2D eigenvalue weighted by molar-refractivity contribution is 7.89. The number of sulfonamides is 1. The van der Waals surface area contributed by atoms with E-state index in [1.165, 1.54) is 6.07 Å². The standard InChI is InChI=1S/C14H18Cl2N2O2S/c1-14(4-5-14)18-21(19,20)12-7-10(15)6-9(13(12)16)8-17-11-2-3-11/h6-7,11,17-18H,2-5,8H2,1H3. The van der Waals surface area contributed by atoms with Crippen molar-refractivity contribution < 1.29 is 8.42 Å². The average Bonchev–Trinajstić information content (AvgIpc) is 3.28. The van der Waals surface area contributed by atoms with E-state index in [9.17, 15) is 8.42 Å². The van der Waals surface area contributed by atoms with Gasteiger partial charge < -0.3 is 5.32 Å². The molecule has 2 aliphatic carbocycles. The van der Waals surface area contributed by atoms with E-state index >= 15 is 0 Å². The van der Waals surface area contributed by atoms with E-state index in [0.29, 0.717) is 17.6 Å². The second-order valence-corrected chi connectivity index (χ2v) is 8.66. The van der Waals surface area contributed by atoms with Gasteiger partial charge in [0.15, 0.2) is 0 Å². The van der Waals surface area contributed by atoms with Gasteiger partial charge in [0.1, 0.15) is 4.90 Å². The molecule has 1 aromatic rings. The van der Waals surface area contributed by atoms with E-state index in [4.69, 9.17) is 23.2 Å². The van der Waals surface area contributed by atoms with Crippen LogP contribution in [0.3, 0.4) is 0 Å². The molecule has 1 aromatic carbocycles. The molecular formula is C14H18Cl2N2O2S. The minimum absolute atomic E-state index is 0.0670. The smallest absolute Gasteiger partial charge is 0.242 e. The molecule has 2 saturated carbocycles. The summed E-state index contributed by atoms with van der Waals surface area (Å²) in [6, 6.07) is 3.65. The Morgan fingerprint density at radius 1 is 1.29 bits per heavy atom. The van der Waals surface area contributed by atoms with E-state index < -0.39 is 10.0 Å². The fourth-order valence-electron chi connectivity index (χ4n) is 2.15. The highest BCUT2D eigenvalue weighted by Crippen LogP contribution is 2.38. The Hall–Kier alpha value is -0.330. The van der Waals surface area contributed by atoms with Crippen molar-refractivity contribution in [3.8, 4) is 0 Å². The topological polar surface area (TPSA) is 58.2 Å². The van der Waals surface area contributed by atoms with Crippen LogP contribution in [-0.2, 0) is 16.6 Å². The second-order valence-electron chi connectivity index (χ2n) is 6.20. The second kappa shape index (κ2) is 5.39. The summed E-state index contributed by atoms with van der Waals surface area (Å²) < 4.78 is 27.7. The van der Waals surface area contributed by atoms with E-state index in [1.54, 1.807) is 6.07 Å². The van der Waals surface area contributed by atoms with E-state index in [1.807, 2.05) is 6.92 Å². The average molecular weight is 349 g/mol. The Labute approximate surface area is 135 Å². The molecule has 21 heavy (non-hydrogen) atoms. The Morgan fingerprint density at radius 3 is 2.52 bits per heavy atom. The largest absolute Gasteiger partial charge is 0.310 e. The molecule has 0 atom stereocenters. The van der Waals surface area contributed by atoms with Gasteiger partial charge in [0.2, 0.25) is 10.0 Å². The molecule has 3 rings (SSSR count). The van der Waals surface area contributed by atoms with Gasteiger partial charge in [0, 0.05) is 23.1 Å². The Bertz CT molecular complexity index is 668. The van der Waals surface area contributed by atoms with Gasteiger partial charge in [0.05, 0.1) is 5.02 Å². The molecule has 0 aromatic heterocycles. The normalized spacial score (nSPS) is 20.5. The zero-order valence-corrected chi connectivity index (χ0v) is 14.1. The summed E-state index contributed by atoms with van der Waals surface area (Å²) in [4.78, 5) is 0.0670. The van der Waals surface area contributed by atoms with Crippen molar-refractivity contribution in [3.05, 3.63) is 27.7 Å². The summed E-state index contributed by atoms with van der Waals surface area (Å²) in [7, 11) is -3.65. The van der Waals surface area contributed by atoms with Gasteiger partial charge in [-0.15, -0.1) is 0 Å². The highest BCUT2D eigenvalue weighted by Gasteiger charge is 2.41. The first-order chi connectivity index (χ1) is 9.79. The van der Waals surface area contributed by atoms with Crippen molar-refractivity contribution in [1.29, 1.82) is 0 Å². The monoisotopic (exact) mass is 348 g/mol. The lowest BCUT2D eigenvalue weighted by Crippen LogP contribution is -2.34. The number of halogens is 2. The SMILES string of the molecule is CC1(NS(=O)(=O)c2cc(Cl)cc(CNC3CC3)c2Cl)CC1. The molecule has 0 aliphatic heterocycles. The van der Waals surface area contributed by atoms with Gasteiger partial charge in [-0.2, -0.15) is 0 Å². The molecule has 7 heteroatoms. The maximum atomic E-state index is 12.5. The molecule has 0 radical (unpaired) electrons. The predicted octanol–water partition coefficient (Wildman–Crippen LogP) is 3.08. The number of hydrogen-bond acceptors (Lipinski definition) is 3. The van der Waals surface area contributed by atoms with Crippen LogP contribution in [0, 0.1) is 0 Å². The summed E-state index contributed by atoms with van der Waals surface area (Å²) >= 11 is 12.4. The molecule has 0 bridgehead atoms. The zero-order valence-electron chi connectivity index (χ0n) is 11.7. The maximum Gasteiger partial charge on any atom is 0.242 e. The first kappa shape index (κ1) is 15.6. The fraction of sp³-hybridized carbons (Fsp3) is 0.571. The van der Waals surface area contributed by atoms with E-state index in [0.717, 1.165) is 31.2 Å². The first-order valence-corrected chi connectivity index (χ1v) is 9.28. The number of rotatable bonds is 6. The molecule has 0 unspecified atom stereocenters. The van der Waals surface area contributed by atoms with Crippen molar-refractivity contribution in [2.24, 2.45) is 0 Å². The summed E-state index contributed by atoms with van der Waals surface area (Å²) in [5.74, 6) is 0. The van der Waals surface area contributed by atoms with Crippen LogP contribution in [0.2, 0.25) is 10.0 Å². The Balaban J connectivity index is 1.89. The van der Waals surface area contributed by atoms with Crippen LogP contribution in [0.15, 0.2) is 17.0 Å². The van der Waals surface area contributed by atoms with Crippen LogP contribution in [0.25, 0.3) is 0 Å². The van der Waals surface area contributed by atoms with Crippen LogP contribution < -0.4 is 10.0 Å². The number of benzene rings is 1. The third-order valence-corrected chi connectivity index (χ3v) is 6.35. The van der Waals surface area contributed by atoms with Crippen molar-refractivity contribution in [1.82, 2.24) is 10.0 Å². The lowest BCUT2D eigenvalue weighted by molar-refractivity contribution is 0.558. The predicted molar refractivity (Wildman–Crippen MR) is 84.3 cm³/mol. The summed E-state index contributed by atoms with van der Waals surface area (Å²) in [6.45, 7) is 2.42. The van der Waals surface area contributed by atoms with Crippen molar-refractivity contribution in [2.75, 3.05) is 0 Å². The quantitative estimate of drug-likeness (QED) is 0.830. The molecule has 0 amide bonds. The van der Waals surface area contributed by atoms with Gasteiger partial charge in [-0.3, -0.25) is 0 Å². The number of hydrogen-bond donors (Lipinski definition) is 2. The van der Waals surface area contributed by atoms with Gasteiger partial charge in [-0.25, -0.2) is 13.1 Å². The lowest BCUT2D eigenvalue weighted by Gasteiger charge is -2.16. The third-order valence-electron chi connectivity index (χ3n) is 3.91. The van der Waals surface area contributed by atoms with Gasteiger partial charge in [-0.05, 0) is 50.3 Å². The lowest BCUT2D eigenvalue weighted by atomic mass is 10.2. The van der Waals surface area contributed by atoms with E-state index in [-0.39, 0.29) is 15.5 Å². The highest BCUT2D eigenvalue weighted by atomic mass is 35.5. The molecule has 0 heterocycles. The van der Waals surface area contributed by atoms with Crippen LogP contribution in [0.4, 0.5) is 0 Å². The minimum Gasteiger partial charge on any atom is -0.310 e. The third kappa shape index (κ3) is 3.71. The van der Waals surface area contributed by atoms with E-state index in [2.05, 4.69) is 10.0 Å². The molecule has 4 nitrogen and oxygen atoms in total. The maximum absolute atomic E-state index is 12.5. The number of nitrogens with one attached hydrogen (secondary N) is 2. The molecule has 2 fully saturated rings. The Kier molecular flexibility index (Phi) is 3.99. The first-order valence-electron chi connectivity index (χ1n) is 7.04. The zero-order chi connectivity index (χ0) is 15.3. The summed E-state index contributed by atoms with van der Waals surface area (Å²) in [6.07, 6.45) is 4.01. The minimum atomic E-state index is -3.65. The molecular weight excluding hydrogens is 331 g/mol. The van der Waals surface area contributed by atoms with Crippen molar-refractivity contribution in [2.45, 2.75) is 55.6 Å². The van der Waals surface area contributed by atoms with Gasteiger partial charge >= 0.3 is 0 Å². The molecule has 2 aliphatic rings. The van der Waals surface area contributed by atoms with Gasteiger partial charge in [-0.1, -0.05) is 23.2 Å². The van der Waals surface area contributed by atoms with Crippen LogP contribution in [-0.4, -0.2) is 20.0 Å². The summed E-state index contributed by atoms with van der Waals surface area (Å²) in [5, 5.41) is 3.96. The molecule has 0 saturated heterocycles.